The molecule has 6 heteroatoms. The first-order chi connectivity index (χ1) is 7.83. The van der Waals surface area contributed by atoms with Crippen LogP contribution in [0.4, 0.5) is 5.95 Å². The Bertz CT molecular complexity index is 508. The zero-order valence-electron chi connectivity index (χ0n) is 8.54. The van der Waals surface area contributed by atoms with Gasteiger partial charge in [-0.25, -0.2) is 15.0 Å². The van der Waals surface area contributed by atoms with Crippen molar-refractivity contribution in [3.05, 3.63) is 24.4 Å². The molecule has 0 amide bonds. The van der Waals surface area contributed by atoms with Gasteiger partial charge in [0.15, 0.2) is 5.82 Å². The van der Waals surface area contributed by atoms with Gasteiger partial charge in [0.1, 0.15) is 17.8 Å². The molecule has 0 radical (unpaired) electrons. The van der Waals surface area contributed by atoms with Crippen molar-refractivity contribution in [2.24, 2.45) is 0 Å². The van der Waals surface area contributed by atoms with Gasteiger partial charge >= 0.3 is 0 Å². The molecule has 0 spiro atoms. The summed E-state index contributed by atoms with van der Waals surface area (Å²) < 4.78 is 0. The Hall–Kier alpha value is -2.11. The predicted molar refractivity (Wildman–Crippen MR) is 57.2 cm³/mol. The topological polar surface area (TPSA) is 90.5 Å². The summed E-state index contributed by atoms with van der Waals surface area (Å²) in [6, 6.07) is 1.76. The lowest BCUT2D eigenvalue weighted by atomic mass is 10.3. The van der Waals surface area contributed by atoms with E-state index in [1.807, 2.05) is 0 Å². The molecule has 0 unspecified atom stereocenters. The van der Waals surface area contributed by atoms with Gasteiger partial charge in [0.25, 0.3) is 0 Å². The average Bonchev–Trinajstić information content (AvgIpc) is 3.13. The molecule has 0 saturated heterocycles. The molecular formula is C10H10N6. The van der Waals surface area contributed by atoms with Gasteiger partial charge in [-0.05, 0) is 18.9 Å². The second-order valence-electron chi connectivity index (χ2n) is 3.74. The maximum atomic E-state index is 5.66. The van der Waals surface area contributed by atoms with E-state index in [9.17, 15) is 0 Å². The molecule has 2 N–H and O–H groups in total. The van der Waals surface area contributed by atoms with Crippen LogP contribution in [-0.2, 0) is 0 Å². The highest BCUT2D eigenvalue weighted by molar-refractivity contribution is 5.49. The van der Waals surface area contributed by atoms with E-state index >= 15 is 0 Å². The third-order valence-corrected chi connectivity index (χ3v) is 2.42. The first-order valence-electron chi connectivity index (χ1n) is 5.11. The van der Waals surface area contributed by atoms with Gasteiger partial charge in [-0.3, -0.25) is 0 Å². The molecule has 80 valence electrons. The number of nitrogens with zero attached hydrogens (tertiary/aromatic N) is 5. The van der Waals surface area contributed by atoms with Gasteiger partial charge in [0.2, 0.25) is 5.95 Å². The van der Waals surface area contributed by atoms with Crippen molar-refractivity contribution >= 4 is 5.95 Å². The van der Waals surface area contributed by atoms with Crippen LogP contribution in [0.2, 0.25) is 0 Å². The SMILES string of the molecule is Nc1nc(-c2ccncn2)nc(C2CC2)n1. The Morgan fingerprint density at radius 3 is 2.75 bits per heavy atom. The van der Waals surface area contributed by atoms with Crippen LogP contribution in [0.25, 0.3) is 11.5 Å². The summed E-state index contributed by atoms with van der Waals surface area (Å²) in [6.45, 7) is 0. The minimum atomic E-state index is 0.255. The summed E-state index contributed by atoms with van der Waals surface area (Å²) in [6.07, 6.45) is 5.38. The summed E-state index contributed by atoms with van der Waals surface area (Å²) in [5.74, 6) is 2.01. The molecule has 1 aliphatic rings. The molecule has 0 atom stereocenters. The van der Waals surface area contributed by atoms with E-state index in [1.165, 1.54) is 6.33 Å². The summed E-state index contributed by atoms with van der Waals surface area (Å²) in [5.41, 5.74) is 6.33. The molecule has 1 saturated carbocycles. The molecule has 0 bridgehead atoms. The van der Waals surface area contributed by atoms with Gasteiger partial charge in [-0.2, -0.15) is 9.97 Å². The second kappa shape index (κ2) is 3.48. The molecule has 3 rings (SSSR count). The van der Waals surface area contributed by atoms with Crippen molar-refractivity contribution in [2.75, 3.05) is 5.73 Å². The average molecular weight is 214 g/mol. The minimum absolute atomic E-state index is 0.255. The van der Waals surface area contributed by atoms with Crippen LogP contribution in [-0.4, -0.2) is 24.9 Å². The van der Waals surface area contributed by atoms with Crippen molar-refractivity contribution < 1.29 is 0 Å². The maximum absolute atomic E-state index is 5.66. The molecule has 2 aromatic heterocycles. The highest BCUT2D eigenvalue weighted by atomic mass is 15.1. The fraction of sp³-hybridized carbons (Fsp3) is 0.300. The number of anilines is 1. The van der Waals surface area contributed by atoms with E-state index in [4.69, 9.17) is 5.73 Å². The van der Waals surface area contributed by atoms with Crippen molar-refractivity contribution in [3.8, 4) is 11.5 Å². The van der Waals surface area contributed by atoms with E-state index in [1.54, 1.807) is 12.3 Å². The van der Waals surface area contributed by atoms with Crippen LogP contribution in [0.15, 0.2) is 18.6 Å². The number of nitrogens with two attached hydrogens (primary N) is 1. The van der Waals surface area contributed by atoms with E-state index in [-0.39, 0.29) is 5.95 Å². The van der Waals surface area contributed by atoms with E-state index in [0.29, 0.717) is 17.4 Å². The highest BCUT2D eigenvalue weighted by Crippen LogP contribution is 2.38. The van der Waals surface area contributed by atoms with Gasteiger partial charge in [-0.15, -0.1) is 0 Å². The summed E-state index contributed by atoms with van der Waals surface area (Å²) in [5, 5.41) is 0. The maximum Gasteiger partial charge on any atom is 0.223 e. The molecule has 2 heterocycles. The Morgan fingerprint density at radius 2 is 2.06 bits per heavy atom. The van der Waals surface area contributed by atoms with Crippen LogP contribution in [0.5, 0.6) is 0 Å². The van der Waals surface area contributed by atoms with Crippen LogP contribution in [0, 0.1) is 0 Å². The van der Waals surface area contributed by atoms with E-state index < -0.39 is 0 Å². The van der Waals surface area contributed by atoms with Gasteiger partial charge < -0.3 is 5.73 Å². The van der Waals surface area contributed by atoms with Crippen LogP contribution in [0.3, 0.4) is 0 Å². The molecule has 1 fully saturated rings. The zero-order valence-corrected chi connectivity index (χ0v) is 8.54. The normalized spacial score (nSPS) is 15.0. The predicted octanol–water partition coefficient (Wildman–Crippen LogP) is 0.788. The second-order valence-corrected chi connectivity index (χ2v) is 3.74. The van der Waals surface area contributed by atoms with E-state index in [0.717, 1.165) is 18.7 Å². The third kappa shape index (κ3) is 1.69. The standard InChI is InChI=1S/C10H10N6/c11-10-15-8(6-1-2-6)14-9(16-10)7-3-4-12-5-13-7/h3-6H,1-2H2,(H2,11,14,15,16). The van der Waals surface area contributed by atoms with Gasteiger partial charge in [0.05, 0.1) is 0 Å². The Kier molecular flexibility index (Phi) is 1.99. The lowest BCUT2D eigenvalue weighted by Gasteiger charge is -2.02. The van der Waals surface area contributed by atoms with Crippen molar-refractivity contribution in [3.63, 3.8) is 0 Å². The quantitative estimate of drug-likeness (QED) is 0.794. The first kappa shape index (κ1) is 9.14. The fourth-order valence-corrected chi connectivity index (χ4v) is 1.47. The molecule has 16 heavy (non-hydrogen) atoms. The van der Waals surface area contributed by atoms with Gasteiger partial charge in [-0.1, -0.05) is 0 Å². The number of rotatable bonds is 2. The molecule has 0 aromatic carbocycles. The molecule has 2 aromatic rings. The van der Waals surface area contributed by atoms with Crippen molar-refractivity contribution in [1.29, 1.82) is 0 Å². The van der Waals surface area contributed by atoms with Crippen LogP contribution < -0.4 is 5.73 Å². The van der Waals surface area contributed by atoms with E-state index in [2.05, 4.69) is 24.9 Å². The van der Waals surface area contributed by atoms with Crippen LogP contribution in [0.1, 0.15) is 24.6 Å². The number of aromatic nitrogens is 5. The lowest BCUT2D eigenvalue weighted by Crippen LogP contribution is -2.04. The number of nitrogen functional groups attached to an aromatic ring is 1. The monoisotopic (exact) mass is 214 g/mol. The molecule has 6 nitrogen and oxygen atoms in total. The highest BCUT2D eigenvalue weighted by Gasteiger charge is 2.27. The first-order valence-corrected chi connectivity index (χ1v) is 5.11. The van der Waals surface area contributed by atoms with Gasteiger partial charge in [0, 0.05) is 12.1 Å². The fourth-order valence-electron chi connectivity index (χ4n) is 1.47. The van der Waals surface area contributed by atoms with Crippen LogP contribution >= 0.6 is 0 Å². The minimum Gasteiger partial charge on any atom is -0.368 e. The smallest absolute Gasteiger partial charge is 0.223 e. The largest absolute Gasteiger partial charge is 0.368 e. The summed E-state index contributed by atoms with van der Waals surface area (Å²) in [4.78, 5) is 20.5. The van der Waals surface area contributed by atoms with Crippen molar-refractivity contribution in [1.82, 2.24) is 24.9 Å². The lowest BCUT2D eigenvalue weighted by molar-refractivity contribution is 0.897. The zero-order chi connectivity index (χ0) is 11.0. The molecule has 0 aliphatic heterocycles. The number of hydrogen-bond donors (Lipinski definition) is 1. The van der Waals surface area contributed by atoms with Crippen molar-refractivity contribution in [2.45, 2.75) is 18.8 Å². The molecule has 1 aliphatic carbocycles. The Balaban J connectivity index is 2.06. The number of hydrogen-bond acceptors (Lipinski definition) is 6. The molecular weight excluding hydrogens is 204 g/mol. The third-order valence-electron chi connectivity index (χ3n) is 2.42. The Labute approximate surface area is 92.0 Å². The summed E-state index contributed by atoms with van der Waals surface area (Å²) >= 11 is 0. The summed E-state index contributed by atoms with van der Waals surface area (Å²) in [7, 11) is 0. The Morgan fingerprint density at radius 1 is 1.19 bits per heavy atom.